The summed E-state index contributed by atoms with van der Waals surface area (Å²) in [7, 11) is 0. The number of hydrogen-bond donors (Lipinski definition) is 3. The molecule has 1 aliphatic rings. The number of carbonyl (C=O) groups excluding carboxylic acids is 1. The number of rotatable bonds is 3. The predicted octanol–water partition coefficient (Wildman–Crippen LogP) is 1.09. The van der Waals surface area contributed by atoms with E-state index in [9.17, 15) is 9.90 Å². The number of anilines is 1. The number of nitrogen functional groups attached to an aromatic ring is 1. The minimum Gasteiger partial charge on any atom is -0.398 e. The smallest absolute Gasteiger partial charge is 0.224 e. The first-order valence-corrected chi connectivity index (χ1v) is 6.22. The lowest BCUT2D eigenvalue weighted by Gasteiger charge is -2.49. The van der Waals surface area contributed by atoms with E-state index in [2.05, 4.69) is 5.32 Å². The standard InChI is InChI=1S/C14H20N2O2/c1-14(2)11(8-12(14)17)16-13(18)7-9-5-3-4-6-10(9)15/h3-6,11-12,17H,7-8,15H2,1-2H3,(H,16,18). The third-order valence-electron chi connectivity index (χ3n) is 3.96. The number of nitrogens with two attached hydrogens (primary N) is 1. The Balaban J connectivity index is 1.93. The van der Waals surface area contributed by atoms with Gasteiger partial charge in [-0.1, -0.05) is 32.0 Å². The highest BCUT2D eigenvalue weighted by molar-refractivity contribution is 5.80. The second-order valence-electron chi connectivity index (χ2n) is 5.57. The van der Waals surface area contributed by atoms with Gasteiger partial charge >= 0.3 is 0 Å². The number of amides is 1. The molecule has 4 nitrogen and oxygen atoms in total. The average Bonchev–Trinajstić information content (AvgIpc) is 2.32. The number of hydrogen-bond acceptors (Lipinski definition) is 3. The normalized spacial score (nSPS) is 25.3. The van der Waals surface area contributed by atoms with Crippen molar-refractivity contribution in [2.75, 3.05) is 5.73 Å². The van der Waals surface area contributed by atoms with Crippen molar-refractivity contribution in [3.05, 3.63) is 29.8 Å². The summed E-state index contributed by atoms with van der Waals surface area (Å²) in [5.74, 6) is -0.0436. The zero-order valence-electron chi connectivity index (χ0n) is 10.8. The van der Waals surface area contributed by atoms with Gasteiger partial charge in [-0.05, 0) is 18.1 Å². The molecule has 1 fully saturated rings. The van der Waals surface area contributed by atoms with E-state index in [1.54, 1.807) is 6.07 Å². The molecule has 0 heterocycles. The molecule has 0 radical (unpaired) electrons. The lowest BCUT2D eigenvalue weighted by molar-refractivity contribution is -0.128. The molecule has 1 aliphatic carbocycles. The van der Waals surface area contributed by atoms with Gasteiger partial charge in [-0.3, -0.25) is 4.79 Å². The van der Waals surface area contributed by atoms with Crippen LogP contribution in [0.5, 0.6) is 0 Å². The SMILES string of the molecule is CC1(C)C(O)CC1NC(=O)Cc1ccccc1N. The monoisotopic (exact) mass is 248 g/mol. The number of benzene rings is 1. The Morgan fingerprint density at radius 1 is 1.50 bits per heavy atom. The van der Waals surface area contributed by atoms with Gasteiger partial charge in [-0.15, -0.1) is 0 Å². The number of para-hydroxylation sites is 1. The Hall–Kier alpha value is -1.55. The molecule has 18 heavy (non-hydrogen) atoms. The first-order chi connectivity index (χ1) is 8.41. The first kappa shape index (κ1) is 12.9. The highest BCUT2D eigenvalue weighted by atomic mass is 16.3. The van der Waals surface area contributed by atoms with Crippen molar-refractivity contribution in [2.45, 2.75) is 38.8 Å². The molecule has 0 spiro atoms. The van der Waals surface area contributed by atoms with Crippen LogP contribution in [0.15, 0.2) is 24.3 Å². The topological polar surface area (TPSA) is 75.3 Å². The molecular formula is C14H20N2O2. The zero-order chi connectivity index (χ0) is 13.3. The number of aliphatic hydroxyl groups excluding tert-OH is 1. The highest BCUT2D eigenvalue weighted by Crippen LogP contribution is 2.40. The van der Waals surface area contributed by atoms with E-state index >= 15 is 0 Å². The van der Waals surface area contributed by atoms with Gasteiger partial charge in [-0.25, -0.2) is 0 Å². The Morgan fingerprint density at radius 3 is 2.72 bits per heavy atom. The fraction of sp³-hybridized carbons (Fsp3) is 0.500. The molecule has 98 valence electrons. The lowest BCUT2D eigenvalue weighted by Crippen LogP contribution is -2.61. The fourth-order valence-electron chi connectivity index (χ4n) is 2.26. The van der Waals surface area contributed by atoms with Crippen LogP contribution in [0.4, 0.5) is 5.69 Å². The Kier molecular flexibility index (Phi) is 3.30. The zero-order valence-corrected chi connectivity index (χ0v) is 10.8. The molecule has 0 aliphatic heterocycles. The lowest BCUT2D eigenvalue weighted by atomic mass is 9.64. The van der Waals surface area contributed by atoms with Crippen LogP contribution in [0.2, 0.25) is 0 Å². The number of nitrogens with one attached hydrogen (secondary N) is 1. The molecule has 1 aromatic carbocycles. The van der Waals surface area contributed by atoms with Gasteiger partial charge in [0.25, 0.3) is 0 Å². The first-order valence-electron chi connectivity index (χ1n) is 6.22. The molecule has 2 rings (SSSR count). The fourth-order valence-corrected chi connectivity index (χ4v) is 2.26. The summed E-state index contributed by atoms with van der Waals surface area (Å²) >= 11 is 0. The van der Waals surface area contributed by atoms with Crippen LogP contribution in [0.25, 0.3) is 0 Å². The average molecular weight is 248 g/mol. The molecule has 0 saturated heterocycles. The van der Waals surface area contributed by atoms with Crippen LogP contribution < -0.4 is 11.1 Å². The summed E-state index contributed by atoms with van der Waals surface area (Å²) in [6.07, 6.45) is 0.586. The van der Waals surface area contributed by atoms with Crippen molar-refractivity contribution in [2.24, 2.45) is 5.41 Å². The van der Waals surface area contributed by atoms with Crippen molar-refractivity contribution in [1.82, 2.24) is 5.32 Å². The van der Waals surface area contributed by atoms with Crippen molar-refractivity contribution >= 4 is 11.6 Å². The third kappa shape index (κ3) is 2.34. The quantitative estimate of drug-likeness (QED) is 0.701. The van der Waals surface area contributed by atoms with Crippen LogP contribution in [-0.4, -0.2) is 23.2 Å². The van der Waals surface area contributed by atoms with Gasteiger partial charge in [0.2, 0.25) is 5.91 Å². The van der Waals surface area contributed by atoms with E-state index in [1.165, 1.54) is 0 Å². The van der Waals surface area contributed by atoms with E-state index in [0.717, 1.165) is 5.56 Å². The Morgan fingerprint density at radius 2 is 2.17 bits per heavy atom. The summed E-state index contributed by atoms with van der Waals surface area (Å²) in [6.45, 7) is 3.92. The van der Waals surface area contributed by atoms with E-state index in [0.29, 0.717) is 12.1 Å². The minimum atomic E-state index is -0.329. The molecule has 2 atom stereocenters. The van der Waals surface area contributed by atoms with Crippen LogP contribution in [0, 0.1) is 5.41 Å². The van der Waals surface area contributed by atoms with Crippen molar-refractivity contribution in [1.29, 1.82) is 0 Å². The summed E-state index contributed by atoms with van der Waals surface area (Å²) in [5.41, 5.74) is 7.04. The van der Waals surface area contributed by atoms with Crippen molar-refractivity contribution < 1.29 is 9.90 Å². The molecule has 1 saturated carbocycles. The van der Waals surface area contributed by atoms with Gasteiger partial charge in [0.1, 0.15) is 0 Å². The van der Waals surface area contributed by atoms with Crippen LogP contribution in [-0.2, 0) is 11.2 Å². The van der Waals surface area contributed by atoms with Gasteiger partial charge < -0.3 is 16.2 Å². The Bertz CT molecular complexity index is 457. The maximum atomic E-state index is 11.9. The molecular weight excluding hydrogens is 228 g/mol. The second kappa shape index (κ2) is 4.61. The maximum Gasteiger partial charge on any atom is 0.224 e. The largest absolute Gasteiger partial charge is 0.398 e. The second-order valence-corrected chi connectivity index (χ2v) is 5.57. The van der Waals surface area contributed by atoms with Crippen LogP contribution in [0.1, 0.15) is 25.8 Å². The van der Waals surface area contributed by atoms with Crippen molar-refractivity contribution in [3.63, 3.8) is 0 Å². The van der Waals surface area contributed by atoms with E-state index < -0.39 is 0 Å². The molecule has 0 bridgehead atoms. The summed E-state index contributed by atoms with van der Waals surface area (Å²) in [6, 6.07) is 7.41. The minimum absolute atomic E-state index is 0.0436. The number of aliphatic hydroxyl groups is 1. The maximum absolute atomic E-state index is 11.9. The van der Waals surface area contributed by atoms with E-state index in [1.807, 2.05) is 32.0 Å². The van der Waals surface area contributed by atoms with E-state index in [4.69, 9.17) is 5.73 Å². The molecule has 4 N–H and O–H groups in total. The van der Waals surface area contributed by atoms with Crippen LogP contribution in [0.3, 0.4) is 0 Å². The molecule has 0 aromatic heterocycles. The van der Waals surface area contributed by atoms with Gasteiger partial charge in [0.05, 0.1) is 12.5 Å². The highest BCUT2D eigenvalue weighted by Gasteiger charge is 2.47. The van der Waals surface area contributed by atoms with E-state index in [-0.39, 0.29) is 29.9 Å². The molecule has 1 amide bonds. The molecule has 4 heteroatoms. The summed E-state index contributed by atoms with van der Waals surface area (Å²) in [4.78, 5) is 11.9. The van der Waals surface area contributed by atoms with Gasteiger partial charge in [0.15, 0.2) is 0 Å². The molecule has 1 aromatic rings. The van der Waals surface area contributed by atoms with Crippen molar-refractivity contribution in [3.8, 4) is 0 Å². The summed E-state index contributed by atoms with van der Waals surface area (Å²) < 4.78 is 0. The van der Waals surface area contributed by atoms with Crippen LogP contribution >= 0.6 is 0 Å². The predicted molar refractivity (Wildman–Crippen MR) is 70.9 cm³/mol. The Labute approximate surface area is 107 Å². The third-order valence-corrected chi connectivity index (χ3v) is 3.96. The summed E-state index contributed by atoms with van der Waals surface area (Å²) in [5, 5.41) is 12.6. The van der Waals surface area contributed by atoms with Gasteiger partial charge in [0, 0.05) is 17.1 Å². The number of carbonyl (C=O) groups is 1. The molecule has 2 unspecified atom stereocenters. The van der Waals surface area contributed by atoms with Gasteiger partial charge in [-0.2, -0.15) is 0 Å².